The van der Waals surface area contributed by atoms with Gasteiger partial charge >= 0.3 is 0 Å². The lowest BCUT2D eigenvalue weighted by atomic mass is 9.43. The lowest BCUT2D eigenvalue weighted by Crippen LogP contribution is -2.59. The lowest BCUT2D eigenvalue weighted by Gasteiger charge is -2.62. The molecule has 174 valence electrons. The number of fused-ring (bicyclic) bond motifs is 5. The van der Waals surface area contributed by atoms with Crippen molar-refractivity contribution < 1.29 is 18.1 Å². The van der Waals surface area contributed by atoms with Gasteiger partial charge in [-0.3, -0.25) is 0 Å². The Balaban J connectivity index is 1.57. The van der Waals surface area contributed by atoms with Crippen molar-refractivity contribution >= 4 is 0 Å². The molecule has 0 spiro atoms. The molecule has 4 rings (SSSR count). The number of hydrogen-bond acceptors (Lipinski definition) is 3. The zero-order valence-corrected chi connectivity index (χ0v) is 20.0. The number of aliphatic hydroxyl groups is 3. The minimum Gasteiger partial charge on any atom is -0.393 e. The van der Waals surface area contributed by atoms with Crippen LogP contribution in [0.15, 0.2) is 0 Å². The first-order chi connectivity index (χ1) is 14.8. The average molecular weight is 423 g/mol. The second kappa shape index (κ2) is 8.03. The Bertz CT molecular complexity index is 684. The Morgan fingerprint density at radius 3 is 2.33 bits per heavy atom. The highest BCUT2D eigenvalue weighted by molar-refractivity contribution is 5.13. The second-order valence-electron chi connectivity index (χ2n) is 12.7. The van der Waals surface area contributed by atoms with E-state index < -0.39 is 18.4 Å². The van der Waals surface area contributed by atoms with Crippen molar-refractivity contribution in [2.45, 2.75) is 123 Å². The Morgan fingerprint density at radius 1 is 0.967 bits per heavy atom. The van der Waals surface area contributed by atoms with Crippen molar-refractivity contribution in [3.8, 4) is 0 Å². The summed E-state index contributed by atoms with van der Waals surface area (Å²) < 4.78 is 17.4. The van der Waals surface area contributed by atoms with Gasteiger partial charge in [0.2, 0.25) is 0 Å². The maximum atomic E-state index is 11.7. The van der Waals surface area contributed by atoms with Gasteiger partial charge in [0.05, 0.1) is 17.8 Å². The van der Waals surface area contributed by atoms with E-state index in [9.17, 15) is 15.3 Å². The number of hydrogen-bond donors (Lipinski definition) is 3. The van der Waals surface area contributed by atoms with Gasteiger partial charge in [-0.2, -0.15) is 0 Å². The molecule has 0 unspecified atom stereocenters. The zero-order valence-electron chi connectivity index (χ0n) is 22.0. The molecule has 3 heteroatoms. The fourth-order valence-corrected chi connectivity index (χ4v) is 8.93. The van der Waals surface area contributed by atoms with Crippen LogP contribution in [0.25, 0.3) is 0 Å². The summed E-state index contributed by atoms with van der Waals surface area (Å²) in [5.41, 5.74) is -1.09. The summed E-state index contributed by atoms with van der Waals surface area (Å²) >= 11 is 0. The van der Waals surface area contributed by atoms with Crippen LogP contribution >= 0.6 is 0 Å². The molecule has 12 atom stereocenters. The Kier molecular flexibility index (Phi) is 5.48. The van der Waals surface area contributed by atoms with E-state index in [1.807, 2.05) is 6.92 Å². The molecule has 0 bridgehead atoms. The van der Waals surface area contributed by atoms with Crippen LogP contribution in [0, 0.1) is 46.3 Å². The molecule has 0 saturated heterocycles. The van der Waals surface area contributed by atoms with Gasteiger partial charge in [-0.05, 0) is 111 Å². The molecule has 3 nitrogen and oxygen atoms in total. The topological polar surface area (TPSA) is 60.7 Å². The van der Waals surface area contributed by atoms with Gasteiger partial charge < -0.3 is 15.3 Å². The lowest BCUT2D eigenvalue weighted by molar-refractivity contribution is -0.179. The summed E-state index contributed by atoms with van der Waals surface area (Å²) in [4.78, 5) is 0. The van der Waals surface area contributed by atoms with E-state index in [0.717, 1.165) is 51.4 Å². The quantitative estimate of drug-likeness (QED) is 0.544. The van der Waals surface area contributed by atoms with Crippen LogP contribution in [0.1, 0.15) is 108 Å². The summed E-state index contributed by atoms with van der Waals surface area (Å²) in [7, 11) is 0. The third kappa shape index (κ3) is 3.69. The molecule has 3 N–H and O–H groups in total. The normalized spacial score (nSPS) is 53.6. The molecule has 4 aliphatic rings. The highest BCUT2D eigenvalue weighted by Crippen LogP contribution is 2.68. The predicted octanol–water partition coefficient (Wildman–Crippen LogP) is 5.55. The minimum absolute atomic E-state index is 0.0292. The van der Waals surface area contributed by atoms with Gasteiger partial charge in [-0.1, -0.05) is 40.5 Å². The molecule has 0 amide bonds. The molecule has 0 aliphatic heterocycles. The first kappa shape index (κ1) is 20.5. The molecule has 0 aromatic carbocycles. The minimum atomic E-state index is -1.16. The van der Waals surface area contributed by atoms with Crippen LogP contribution in [0.5, 0.6) is 0 Å². The van der Waals surface area contributed by atoms with Crippen LogP contribution in [0.3, 0.4) is 0 Å². The van der Waals surface area contributed by atoms with Gasteiger partial charge in [-0.25, -0.2) is 0 Å². The van der Waals surface area contributed by atoms with Crippen molar-refractivity contribution in [2.24, 2.45) is 46.3 Å². The molecule has 4 aliphatic carbocycles. The monoisotopic (exact) mass is 422 g/mol. The summed E-state index contributed by atoms with van der Waals surface area (Å²) in [5.74, 6) is 2.12. The summed E-state index contributed by atoms with van der Waals surface area (Å²) in [6.45, 7) is 10.7. The molecule has 4 saturated carbocycles. The summed E-state index contributed by atoms with van der Waals surface area (Å²) in [5, 5.41) is 33.2. The van der Waals surface area contributed by atoms with Crippen LogP contribution in [0.4, 0.5) is 0 Å². The molecular formula is C27H48O3. The molecule has 0 heterocycles. The first-order valence-corrected chi connectivity index (χ1v) is 12.7. The highest BCUT2D eigenvalue weighted by atomic mass is 16.3. The fourth-order valence-electron chi connectivity index (χ4n) is 8.93. The summed E-state index contributed by atoms with van der Waals surface area (Å²) in [6.07, 6.45) is 6.30. The van der Waals surface area contributed by atoms with E-state index in [4.69, 9.17) is 2.74 Å². The van der Waals surface area contributed by atoms with Crippen molar-refractivity contribution in [3.63, 3.8) is 0 Å². The molecule has 0 aromatic heterocycles. The van der Waals surface area contributed by atoms with Gasteiger partial charge in [0.1, 0.15) is 0 Å². The van der Waals surface area contributed by atoms with Gasteiger partial charge in [0, 0.05) is 2.74 Å². The molecule has 30 heavy (non-hydrogen) atoms. The van der Waals surface area contributed by atoms with E-state index in [-0.39, 0.29) is 34.9 Å². The first-order valence-electron chi connectivity index (χ1n) is 13.9. The van der Waals surface area contributed by atoms with E-state index >= 15 is 0 Å². The van der Waals surface area contributed by atoms with E-state index in [0.29, 0.717) is 30.1 Å². The summed E-state index contributed by atoms with van der Waals surface area (Å²) in [6, 6.07) is 0. The largest absolute Gasteiger partial charge is 0.393 e. The third-order valence-electron chi connectivity index (χ3n) is 10.4. The molecular weight excluding hydrogens is 372 g/mol. The van der Waals surface area contributed by atoms with E-state index in [1.54, 1.807) is 0 Å². The molecule has 4 fully saturated rings. The number of aliphatic hydroxyl groups excluding tert-OH is 2. The average Bonchev–Trinajstić information content (AvgIpc) is 3.06. The molecule has 0 radical (unpaired) electrons. The number of rotatable bonds is 5. The fraction of sp³-hybridized carbons (Fsp3) is 1.00. The van der Waals surface area contributed by atoms with E-state index in [1.165, 1.54) is 0 Å². The van der Waals surface area contributed by atoms with Crippen molar-refractivity contribution in [2.75, 3.05) is 0 Å². The second-order valence-corrected chi connectivity index (χ2v) is 12.7. The standard InChI is InChI=1S/C27H48O3/c1-17(2)7-6-12-27(5,30)24-9-8-20-19-16-23(29)22-15-18(28)10-13-25(22,3)21(19)11-14-26(20,24)4/h17-24,28-30H,6-16H2,1-5H3/t18-,19-,20-,21-,22+,23-,24-,25+,26-,27-/m0/s1/i6D,12D/t6-,12-,18-,19-,20-,21-,22+,23-,24-,25+,26-,27-. The van der Waals surface area contributed by atoms with Crippen molar-refractivity contribution in [1.29, 1.82) is 0 Å². The Labute approximate surface area is 187 Å². The predicted molar refractivity (Wildman–Crippen MR) is 122 cm³/mol. The smallest absolute Gasteiger partial charge is 0.0653 e. The van der Waals surface area contributed by atoms with Gasteiger partial charge in [-0.15, -0.1) is 0 Å². The molecule has 0 aromatic rings. The highest BCUT2D eigenvalue weighted by Gasteiger charge is 2.63. The van der Waals surface area contributed by atoms with Crippen molar-refractivity contribution in [3.05, 3.63) is 0 Å². The Morgan fingerprint density at radius 2 is 1.63 bits per heavy atom. The van der Waals surface area contributed by atoms with Crippen LogP contribution in [-0.2, 0) is 0 Å². The third-order valence-corrected chi connectivity index (χ3v) is 10.4. The van der Waals surface area contributed by atoms with E-state index in [2.05, 4.69) is 27.7 Å². The maximum absolute atomic E-state index is 11.7. The van der Waals surface area contributed by atoms with Crippen molar-refractivity contribution in [1.82, 2.24) is 0 Å². The maximum Gasteiger partial charge on any atom is 0.0653 e. The SMILES string of the molecule is [2H][C@@H](CC(C)C)[C@H]([2H])[C@](C)(O)[C@H]1CC[C@H]2[C@@H]3C[C@H](O)[C@H]4C[C@@H](O)CC[C@]4(C)[C@H]3CC[C@]12C. The van der Waals surface area contributed by atoms with Crippen LogP contribution in [0.2, 0.25) is 0 Å². The zero-order chi connectivity index (χ0) is 23.6. The Hall–Kier alpha value is -0.120. The van der Waals surface area contributed by atoms with Crippen LogP contribution in [-0.4, -0.2) is 33.1 Å². The van der Waals surface area contributed by atoms with Gasteiger partial charge in [0.15, 0.2) is 0 Å². The van der Waals surface area contributed by atoms with Gasteiger partial charge in [0.25, 0.3) is 0 Å². The van der Waals surface area contributed by atoms with Crippen LogP contribution < -0.4 is 0 Å².